The summed E-state index contributed by atoms with van der Waals surface area (Å²) in [4.78, 5) is 12.6. The zero-order chi connectivity index (χ0) is 13.3. The van der Waals surface area contributed by atoms with E-state index in [-0.39, 0.29) is 10.6 Å². The van der Waals surface area contributed by atoms with Crippen molar-refractivity contribution in [3.05, 3.63) is 33.9 Å². The van der Waals surface area contributed by atoms with E-state index in [1.54, 1.807) is 13.0 Å². The van der Waals surface area contributed by atoms with Gasteiger partial charge in [-0.15, -0.1) is 0 Å². The Morgan fingerprint density at radius 2 is 2.22 bits per heavy atom. The predicted molar refractivity (Wildman–Crippen MR) is 69.9 cm³/mol. The van der Waals surface area contributed by atoms with Crippen LogP contribution in [0.4, 0.5) is 11.4 Å². The van der Waals surface area contributed by atoms with E-state index < -0.39 is 5.60 Å². The predicted octanol–water partition coefficient (Wildman–Crippen LogP) is 2.25. The number of aryl methyl sites for hydroxylation is 1. The van der Waals surface area contributed by atoms with E-state index in [0.717, 1.165) is 24.9 Å². The highest BCUT2D eigenvalue weighted by Crippen LogP contribution is 2.33. The molecule has 0 aromatic heterocycles. The smallest absolute Gasteiger partial charge is 0.292 e. The molecule has 98 valence electrons. The lowest BCUT2D eigenvalue weighted by Crippen LogP contribution is -2.46. The molecule has 5 nitrogen and oxygen atoms in total. The second kappa shape index (κ2) is 4.57. The number of benzene rings is 1. The molecule has 1 N–H and O–H groups in total. The van der Waals surface area contributed by atoms with Crippen LogP contribution in [0.3, 0.4) is 0 Å². The Labute approximate surface area is 106 Å². The summed E-state index contributed by atoms with van der Waals surface area (Å²) in [6.45, 7) is 4.88. The Hall–Kier alpha value is -1.62. The van der Waals surface area contributed by atoms with Crippen LogP contribution in [0, 0.1) is 17.0 Å². The van der Waals surface area contributed by atoms with E-state index >= 15 is 0 Å². The van der Waals surface area contributed by atoms with Crippen molar-refractivity contribution >= 4 is 11.4 Å². The number of hydrogen-bond acceptors (Lipinski definition) is 4. The zero-order valence-corrected chi connectivity index (χ0v) is 10.7. The van der Waals surface area contributed by atoms with Gasteiger partial charge in [-0.2, -0.15) is 0 Å². The molecule has 0 spiro atoms. The van der Waals surface area contributed by atoms with Crippen LogP contribution in [0.2, 0.25) is 0 Å². The molecule has 1 fully saturated rings. The van der Waals surface area contributed by atoms with E-state index in [9.17, 15) is 15.2 Å². The summed E-state index contributed by atoms with van der Waals surface area (Å²) in [5.74, 6) is 0. The third kappa shape index (κ3) is 2.61. The summed E-state index contributed by atoms with van der Waals surface area (Å²) in [6, 6.07) is 5.09. The maximum atomic E-state index is 11.1. The van der Waals surface area contributed by atoms with Crippen LogP contribution in [-0.4, -0.2) is 28.7 Å². The summed E-state index contributed by atoms with van der Waals surface area (Å²) in [6.07, 6.45) is 1.58. The highest BCUT2D eigenvalue weighted by Gasteiger charge is 2.31. The van der Waals surface area contributed by atoms with Gasteiger partial charge in [-0.25, -0.2) is 0 Å². The van der Waals surface area contributed by atoms with E-state index in [1.165, 1.54) is 6.07 Å². The number of rotatable bonds is 2. The molecule has 1 heterocycles. The van der Waals surface area contributed by atoms with Crippen LogP contribution < -0.4 is 4.90 Å². The van der Waals surface area contributed by atoms with Crippen molar-refractivity contribution < 1.29 is 10.0 Å². The van der Waals surface area contributed by atoms with Gasteiger partial charge < -0.3 is 10.0 Å². The van der Waals surface area contributed by atoms with E-state index in [4.69, 9.17) is 0 Å². The van der Waals surface area contributed by atoms with Gasteiger partial charge in [0.05, 0.1) is 10.5 Å². The normalized spacial score (nSPS) is 24.1. The first-order valence-electron chi connectivity index (χ1n) is 6.11. The minimum absolute atomic E-state index is 0.110. The maximum Gasteiger partial charge on any atom is 0.292 e. The van der Waals surface area contributed by atoms with Crippen LogP contribution in [0.5, 0.6) is 0 Å². The average molecular weight is 250 g/mol. The molecule has 1 aromatic rings. The number of piperidine rings is 1. The Balaban J connectivity index is 2.37. The van der Waals surface area contributed by atoms with Crippen molar-refractivity contribution in [3.8, 4) is 0 Å². The number of hydrogen-bond donors (Lipinski definition) is 1. The van der Waals surface area contributed by atoms with Crippen LogP contribution >= 0.6 is 0 Å². The van der Waals surface area contributed by atoms with Crippen LogP contribution in [-0.2, 0) is 0 Å². The lowest BCUT2D eigenvalue weighted by Gasteiger charge is -2.38. The molecule has 1 saturated heterocycles. The van der Waals surface area contributed by atoms with Crippen molar-refractivity contribution in [1.29, 1.82) is 0 Å². The zero-order valence-electron chi connectivity index (χ0n) is 10.7. The largest absolute Gasteiger partial charge is 0.388 e. The molecule has 1 aliphatic heterocycles. The summed E-state index contributed by atoms with van der Waals surface area (Å²) < 4.78 is 0. The van der Waals surface area contributed by atoms with Gasteiger partial charge in [-0.1, -0.05) is 6.07 Å². The molecule has 5 heteroatoms. The molecular formula is C13H18N2O3. The van der Waals surface area contributed by atoms with Crippen LogP contribution in [0.1, 0.15) is 25.3 Å². The number of anilines is 1. The van der Waals surface area contributed by atoms with Crippen molar-refractivity contribution in [1.82, 2.24) is 0 Å². The van der Waals surface area contributed by atoms with Crippen LogP contribution in [0.25, 0.3) is 0 Å². The minimum atomic E-state index is -0.768. The molecule has 1 aliphatic rings. The second-order valence-electron chi connectivity index (χ2n) is 5.27. The number of nitrogens with zero attached hydrogens (tertiary/aromatic N) is 2. The first-order chi connectivity index (χ1) is 8.39. The SMILES string of the molecule is Cc1ccc([N+](=O)[O-])c(N2CCCC(C)(O)C2)c1. The molecule has 18 heavy (non-hydrogen) atoms. The number of aliphatic hydroxyl groups is 1. The molecule has 2 rings (SSSR count). The van der Waals surface area contributed by atoms with Crippen molar-refractivity contribution in [2.75, 3.05) is 18.0 Å². The first-order valence-corrected chi connectivity index (χ1v) is 6.11. The number of β-amino-alcohol motifs (C(OH)–C–C–N with tert-alkyl or cyclic N) is 1. The van der Waals surface area contributed by atoms with Crippen molar-refractivity contribution in [2.24, 2.45) is 0 Å². The van der Waals surface area contributed by atoms with Crippen molar-refractivity contribution in [2.45, 2.75) is 32.3 Å². The van der Waals surface area contributed by atoms with Gasteiger partial charge >= 0.3 is 0 Å². The summed E-state index contributed by atoms with van der Waals surface area (Å²) in [7, 11) is 0. The van der Waals surface area contributed by atoms with E-state index in [1.807, 2.05) is 17.9 Å². The standard InChI is InChI=1S/C13H18N2O3/c1-10-4-5-11(15(17)18)12(8-10)14-7-3-6-13(2,16)9-14/h4-5,8,16H,3,6-7,9H2,1-2H3. The topological polar surface area (TPSA) is 66.6 Å². The molecule has 0 amide bonds. The fourth-order valence-electron chi connectivity index (χ4n) is 2.47. The van der Waals surface area contributed by atoms with Gasteiger partial charge in [0.1, 0.15) is 5.69 Å². The van der Waals surface area contributed by atoms with Crippen LogP contribution in [0.15, 0.2) is 18.2 Å². The third-order valence-corrected chi connectivity index (χ3v) is 3.34. The lowest BCUT2D eigenvalue weighted by atomic mass is 9.94. The van der Waals surface area contributed by atoms with Gasteiger partial charge in [0.2, 0.25) is 0 Å². The lowest BCUT2D eigenvalue weighted by molar-refractivity contribution is -0.384. The third-order valence-electron chi connectivity index (χ3n) is 3.34. The molecule has 1 atom stereocenters. The monoisotopic (exact) mass is 250 g/mol. The van der Waals surface area contributed by atoms with E-state index in [2.05, 4.69) is 0 Å². The summed E-state index contributed by atoms with van der Waals surface area (Å²) in [5, 5.41) is 21.1. The fourth-order valence-corrected chi connectivity index (χ4v) is 2.47. The molecular weight excluding hydrogens is 232 g/mol. The maximum absolute atomic E-state index is 11.1. The number of nitro groups is 1. The summed E-state index contributed by atoms with van der Waals surface area (Å²) in [5.41, 5.74) is 0.940. The molecule has 0 aliphatic carbocycles. The quantitative estimate of drug-likeness (QED) is 0.645. The van der Waals surface area contributed by atoms with Gasteiger partial charge in [0.25, 0.3) is 5.69 Å². The minimum Gasteiger partial charge on any atom is -0.388 e. The van der Waals surface area contributed by atoms with Gasteiger partial charge in [0, 0.05) is 19.2 Å². The van der Waals surface area contributed by atoms with Gasteiger partial charge in [0.15, 0.2) is 0 Å². The molecule has 0 bridgehead atoms. The Bertz CT molecular complexity index is 471. The van der Waals surface area contributed by atoms with Gasteiger partial charge in [-0.3, -0.25) is 10.1 Å². The molecule has 0 saturated carbocycles. The first kappa shape index (κ1) is 12.8. The molecule has 0 radical (unpaired) electrons. The average Bonchev–Trinajstić information content (AvgIpc) is 2.27. The van der Waals surface area contributed by atoms with E-state index in [0.29, 0.717) is 12.2 Å². The summed E-state index contributed by atoms with van der Waals surface area (Å²) >= 11 is 0. The number of nitro benzene ring substituents is 1. The Morgan fingerprint density at radius 3 is 2.83 bits per heavy atom. The van der Waals surface area contributed by atoms with Crippen molar-refractivity contribution in [3.63, 3.8) is 0 Å². The Morgan fingerprint density at radius 1 is 1.50 bits per heavy atom. The molecule has 1 unspecified atom stereocenters. The molecule has 1 aromatic carbocycles. The highest BCUT2D eigenvalue weighted by molar-refractivity contribution is 5.64. The second-order valence-corrected chi connectivity index (χ2v) is 5.27. The highest BCUT2D eigenvalue weighted by atomic mass is 16.6. The van der Waals surface area contributed by atoms with Gasteiger partial charge in [-0.05, 0) is 38.3 Å². The Kier molecular flexibility index (Phi) is 3.26. The fraction of sp³-hybridized carbons (Fsp3) is 0.538.